The van der Waals surface area contributed by atoms with Crippen LogP contribution in [0.2, 0.25) is 0 Å². The molecule has 0 fully saturated rings. The van der Waals surface area contributed by atoms with E-state index >= 15 is 0 Å². The SMILES string of the molecule is CCNc1nc(C(C)(CC)OCC)nc(C)c1Br. The maximum absolute atomic E-state index is 5.82. The summed E-state index contributed by atoms with van der Waals surface area (Å²) >= 11 is 3.51. The molecule has 0 saturated carbocycles. The topological polar surface area (TPSA) is 47.0 Å². The number of hydrogen-bond acceptors (Lipinski definition) is 4. The Kier molecular flexibility index (Phi) is 5.53. The fourth-order valence-electron chi connectivity index (χ4n) is 1.72. The number of halogens is 1. The van der Waals surface area contributed by atoms with Crippen LogP contribution in [0.5, 0.6) is 0 Å². The van der Waals surface area contributed by atoms with Gasteiger partial charge in [-0.2, -0.15) is 0 Å². The Bertz CT molecular complexity index is 411. The summed E-state index contributed by atoms with van der Waals surface area (Å²) < 4.78 is 6.74. The summed E-state index contributed by atoms with van der Waals surface area (Å²) in [6.45, 7) is 11.6. The molecule has 5 heteroatoms. The maximum Gasteiger partial charge on any atom is 0.162 e. The van der Waals surface area contributed by atoms with Crippen molar-refractivity contribution >= 4 is 21.7 Å². The molecule has 0 radical (unpaired) electrons. The number of aryl methyl sites for hydroxylation is 1. The Morgan fingerprint density at radius 1 is 1.28 bits per heavy atom. The smallest absolute Gasteiger partial charge is 0.162 e. The predicted molar refractivity (Wildman–Crippen MR) is 77.9 cm³/mol. The first-order chi connectivity index (χ1) is 8.48. The Morgan fingerprint density at radius 3 is 2.44 bits per heavy atom. The molecule has 0 spiro atoms. The van der Waals surface area contributed by atoms with Crippen molar-refractivity contribution in [1.82, 2.24) is 9.97 Å². The minimum atomic E-state index is -0.426. The quantitative estimate of drug-likeness (QED) is 0.870. The number of anilines is 1. The largest absolute Gasteiger partial charge is 0.369 e. The van der Waals surface area contributed by atoms with Gasteiger partial charge in [0.1, 0.15) is 11.4 Å². The number of nitrogens with one attached hydrogen (secondary N) is 1. The zero-order valence-corrected chi connectivity index (χ0v) is 13.4. The zero-order valence-electron chi connectivity index (χ0n) is 11.8. The van der Waals surface area contributed by atoms with E-state index in [4.69, 9.17) is 4.74 Å². The van der Waals surface area contributed by atoms with Gasteiger partial charge < -0.3 is 10.1 Å². The van der Waals surface area contributed by atoms with E-state index in [2.05, 4.69) is 38.1 Å². The maximum atomic E-state index is 5.82. The first-order valence-corrected chi connectivity index (χ1v) is 7.20. The molecule has 4 nitrogen and oxygen atoms in total. The Morgan fingerprint density at radius 2 is 1.94 bits per heavy atom. The Balaban J connectivity index is 3.23. The van der Waals surface area contributed by atoms with Gasteiger partial charge in [-0.25, -0.2) is 9.97 Å². The third-order valence-corrected chi connectivity index (χ3v) is 3.92. The molecule has 1 aromatic heterocycles. The number of nitrogens with zero attached hydrogens (tertiary/aromatic N) is 2. The summed E-state index contributed by atoms with van der Waals surface area (Å²) in [6, 6.07) is 0. The van der Waals surface area contributed by atoms with Crippen LogP contribution < -0.4 is 5.32 Å². The molecule has 0 aromatic carbocycles. The number of aromatic nitrogens is 2. The van der Waals surface area contributed by atoms with E-state index in [-0.39, 0.29) is 0 Å². The first-order valence-electron chi connectivity index (χ1n) is 6.40. The zero-order chi connectivity index (χ0) is 13.8. The summed E-state index contributed by atoms with van der Waals surface area (Å²) in [6.07, 6.45) is 0.841. The summed E-state index contributed by atoms with van der Waals surface area (Å²) in [7, 11) is 0. The normalized spacial score (nSPS) is 14.3. The molecule has 18 heavy (non-hydrogen) atoms. The molecule has 0 bridgehead atoms. The minimum absolute atomic E-state index is 0.426. The van der Waals surface area contributed by atoms with Gasteiger partial charge in [0.25, 0.3) is 0 Å². The highest BCUT2D eigenvalue weighted by molar-refractivity contribution is 9.10. The van der Waals surface area contributed by atoms with Gasteiger partial charge in [-0.05, 0) is 50.0 Å². The van der Waals surface area contributed by atoms with Gasteiger partial charge in [-0.3, -0.25) is 0 Å². The molecule has 0 aliphatic heterocycles. The van der Waals surface area contributed by atoms with Crippen LogP contribution in [0.3, 0.4) is 0 Å². The number of hydrogen-bond donors (Lipinski definition) is 1. The first kappa shape index (κ1) is 15.4. The molecule has 0 amide bonds. The van der Waals surface area contributed by atoms with E-state index in [1.54, 1.807) is 0 Å². The summed E-state index contributed by atoms with van der Waals surface area (Å²) in [5.41, 5.74) is 0.500. The second-order valence-electron chi connectivity index (χ2n) is 4.34. The molecular weight excluding hydrogens is 294 g/mol. The summed E-state index contributed by atoms with van der Waals surface area (Å²) in [4.78, 5) is 9.14. The molecule has 1 rings (SSSR count). The van der Waals surface area contributed by atoms with Gasteiger partial charge in [0.2, 0.25) is 0 Å². The van der Waals surface area contributed by atoms with Crippen LogP contribution in [-0.2, 0) is 10.3 Å². The second-order valence-corrected chi connectivity index (χ2v) is 5.14. The fourth-order valence-corrected chi connectivity index (χ4v) is 2.04. The van der Waals surface area contributed by atoms with E-state index in [1.165, 1.54) is 0 Å². The molecular formula is C13H22BrN3O. The lowest BCUT2D eigenvalue weighted by atomic mass is 10.0. The second kappa shape index (κ2) is 6.48. The highest BCUT2D eigenvalue weighted by atomic mass is 79.9. The van der Waals surface area contributed by atoms with E-state index in [0.29, 0.717) is 6.61 Å². The monoisotopic (exact) mass is 315 g/mol. The van der Waals surface area contributed by atoms with Crippen molar-refractivity contribution in [2.75, 3.05) is 18.5 Å². The number of ether oxygens (including phenoxy) is 1. The Labute approximate surface area is 118 Å². The van der Waals surface area contributed by atoms with Crippen LogP contribution in [-0.4, -0.2) is 23.1 Å². The van der Waals surface area contributed by atoms with E-state index < -0.39 is 5.60 Å². The summed E-state index contributed by atoms with van der Waals surface area (Å²) in [5.74, 6) is 1.57. The average Bonchev–Trinajstić information content (AvgIpc) is 2.35. The highest BCUT2D eigenvalue weighted by Gasteiger charge is 2.29. The number of rotatable bonds is 6. The molecule has 0 saturated heterocycles. The van der Waals surface area contributed by atoms with Crippen molar-refractivity contribution in [2.24, 2.45) is 0 Å². The molecule has 1 atom stereocenters. The standard InChI is InChI=1S/C13H22BrN3O/c1-6-13(5,18-8-3)12-16-9(4)10(14)11(17-12)15-7-2/h6-8H2,1-5H3,(H,15,16,17). The van der Waals surface area contributed by atoms with E-state index in [9.17, 15) is 0 Å². The van der Waals surface area contributed by atoms with Crippen LogP contribution in [0.25, 0.3) is 0 Å². The van der Waals surface area contributed by atoms with Gasteiger partial charge >= 0.3 is 0 Å². The minimum Gasteiger partial charge on any atom is -0.369 e. The third-order valence-electron chi connectivity index (χ3n) is 2.97. The molecule has 1 heterocycles. The van der Waals surface area contributed by atoms with Crippen molar-refractivity contribution < 1.29 is 4.74 Å². The van der Waals surface area contributed by atoms with Crippen LogP contribution in [0.4, 0.5) is 5.82 Å². The van der Waals surface area contributed by atoms with Gasteiger partial charge in [0.15, 0.2) is 5.82 Å². The van der Waals surface area contributed by atoms with Crippen molar-refractivity contribution in [3.05, 3.63) is 16.0 Å². The van der Waals surface area contributed by atoms with Crippen LogP contribution >= 0.6 is 15.9 Å². The lowest BCUT2D eigenvalue weighted by Crippen LogP contribution is -2.28. The van der Waals surface area contributed by atoms with Crippen LogP contribution in [0, 0.1) is 6.92 Å². The van der Waals surface area contributed by atoms with E-state index in [1.807, 2.05) is 27.7 Å². The molecule has 1 unspecified atom stereocenters. The van der Waals surface area contributed by atoms with Crippen LogP contribution in [0.1, 0.15) is 45.6 Å². The molecule has 0 aliphatic carbocycles. The van der Waals surface area contributed by atoms with Gasteiger partial charge in [0, 0.05) is 13.2 Å². The van der Waals surface area contributed by atoms with Gasteiger partial charge in [0.05, 0.1) is 10.2 Å². The molecule has 0 aliphatic rings. The Hall–Kier alpha value is -0.680. The van der Waals surface area contributed by atoms with Crippen molar-refractivity contribution in [3.63, 3.8) is 0 Å². The molecule has 1 aromatic rings. The average molecular weight is 316 g/mol. The lowest BCUT2D eigenvalue weighted by Gasteiger charge is -2.27. The highest BCUT2D eigenvalue weighted by Crippen LogP contribution is 2.30. The predicted octanol–water partition coefficient (Wildman–Crippen LogP) is 3.64. The fraction of sp³-hybridized carbons (Fsp3) is 0.692. The summed E-state index contributed by atoms with van der Waals surface area (Å²) in [5, 5.41) is 3.24. The molecule has 1 N–H and O–H groups in total. The van der Waals surface area contributed by atoms with Gasteiger partial charge in [-0.1, -0.05) is 6.92 Å². The van der Waals surface area contributed by atoms with Gasteiger partial charge in [-0.15, -0.1) is 0 Å². The third kappa shape index (κ3) is 3.20. The van der Waals surface area contributed by atoms with E-state index in [0.717, 1.165) is 34.8 Å². The van der Waals surface area contributed by atoms with Crippen molar-refractivity contribution in [1.29, 1.82) is 0 Å². The molecule has 102 valence electrons. The van der Waals surface area contributed by atoms with Crippen LogP contribution in [0.15, 0.2) is 4.47 Å². The van der Waals surface area contributed by atoms with Crippen molar-refractivity contribution in [3.8, 4) is 0 Å². The van der Waals surface area contributed by atoms with Crippen molar-refractivity contribution in [2.45, 2.75) is 46.6 Å². The lowest BCUT2D eigenvalue weighted by molar-refractivity contribution is -0.0390.